The zero-order chi connectivity index (χ0) is 47.8. The van der Waals surface area contributed by atoms with Gasteiger partial charge in [0.2, 0.25) is 29.5 Å². The van der Waals surface area contributed by atoms with E-state index in [1.807, 2.05) is 40.4 Å². The number of aromatic nitrogens is 3. The molecule has 7 fully saturated rings. The van der Waals surface area contributed by atoms with E-state index in [0.717, 1.165) is 115 Å². The highest BCUT2D eigenvalue weighted by Gasteiger charge is 2.56. The van der Waals surface area contributed by atoms with Crippen molar-refractivity contribution in [1.82, 2.24) is 34.6 Å². The minimum atomic E-state index is -0.685. The van der Waals surface area contributed by atoms with Crippen LogP contribution >= 0.6 is 0 Å². The van der Waals surface area contributed by atoms with Crippen molar-refractivity contribution in [3.8, 4) is 11.3 Å². The van der Waals surface area contributed by atoms with E-state index in [4.69, 9.17) is 9.97 Å². The lowest BCUT2D eigenvalue weighted by Gasteiger charge is -2.48. The fourth-order valence-electron chi connectivity index (χ4n) is 13.2. The summed E-state index contributed by atoms with van der Waals surface area (Å²) in [4.78, 5) is 88.6. The van der Waals surface area contributed by atoms with Crippen LogP contribution in [0.2, 0.25) is 0 Å². The summed E-state index contributed by atoms with van der Waals surface area (Å²) in [6, 6.07) is 18.0. The Morgan fingerprint density at radius 2 is 1.50 bits per heavy atom. The van der Waals surface area contributed by atoms with Crippen LogP contribution in [0.5, 0.6) is 0 Å². The maximum atomic E-state index is 15.2. The van der Waals surface area contributed by atoms with Gasteiger partial charge in [-0.25, -0.2) is 9.97 Å². The molecule has 2 aromatic heterocycles. The van der Waals surface area contributed by atoms with Gasteiger partial charge >= 0.3 is 0 Å². The number of nitrogens with zero attached hydrogens (tertiary/aromatic N) is 8. The van der Waals surface area contributed by atoms with Gasteiger partial charge in [-0.3, -0.25) is 29.3 Å². The topological polar surface area (TPSA) is 156 Å². The Morgan fingerprint density at radius 1 is 0.771 bits per heavy atom. The summed E-state index contributed by atoms with van der Waals surface area (Å²) in [7, 11) is 0. The number of pyridine rings is 1. The van der Waals surface area contributed by atoms with Crippen molar-refractivity contribution in [2.45, 2.75) is 139 Å². The van der Waals surface area contributed by atoms with Gasteiger partial charge in [0, 0.05) is 92.7 Å². The number of hydrogen-bond donors (Lipinski definition) is 2. The third kappa shape index (κ3) is 8.13. The second-order valence-corrected chi connectivity index (χ2v) is 22.2. The zero-order valence-electron chi connectivity index (χ0n) is 40.9. The smallest absolute Gasteiger partial charge is 0.238 e. The quantitative estimate of drug-likeness (QED) is 0.163. The average molecular weight is 949 g/mol. The summed E-state index contributed by atoms with van der Waals surface area (Å²) in [5, 5.41) is 6.16. The molecule has 4 aromatic rings. The lowest BCUT2D eigenvalue weighted by Crippen LogP contribution is -2.58. The highest BCUT2D eigenvalue weighted by atomic mass is 16.2. The molecular formula is C55H68N10O5. The van der Waals surface area contributed by atoms with E-state index >= 15 is 4.79 Å². The molecule has 1 unspecified atom stereocenters. The number of amides is 5. The molecule has 5 saturated heterocycles. The van der Waals surface area contributed by atoms with Gasteiger partial charge in [-0.15, -0.1) is 0 Å². The van der Waals surface area contributed by atoms with Gasteiger partial charge in [-0.05, 0) is 139 Å². The highest BCUT2D eigenvalue weighted by molar-refractivity contribution is 6.09. The first-order valence-corrected chi connectivity index (χ1v) is 26.6. The van der Waals surface area contributed by atoms with Gasteiger partial charge in [0.25, 0.3) is 0 Å². The summed E-state index contributed by atoms with van der Waals surface area (Å²) in [5.74, 6) is 0.272. The second-order valence-electron chi connectivity index (χ2n) is 22.2. The molecule has 2 aromatic carbocycles. The Labute approximate surface area is 410 Å². The molecule has 70 heavy (non-hydrogen) atoms. The number of piperidine rings is 4. The van der Waals surface area contributed by atoms with Gasteiger partial charge in [0.15, 0.2) is 5.82 Å². The normalized spacial score (nSPS) is 26.3. The number of carbonyl (C=O) groups excluding carboxylic acids is 5. The van der Waals surface area contributed by atoms with Crippen molar-refractivity contribution in [3.63, 3.8) is 0 Å². The molecule has 5 amide bonds. The van der Waals surface area contributed by atoms with Crippen LogP contribution in [0.25, 0.3) is 22.3 Å². The van der Waals surface area contributed by atoms with Crippen LogP contribution in [0.4, 0.5) is 17.2 Å². The Morgan fingerprint density at radius 3 is 2.21 bits per heavy atom. The maximum absolute atomic E-state index is 15.2. The highest BCUT2D eigenvalue weighted by Crippen LogP contribution is 2.52. The van der Waals surface area contributed by atoms with Crippen LogP contribution in [0.15, 0.2) is 54.9 Å². The summed E-state index contributed by atoms with van der Waals surface area (Å²) in [5.41, 5.74) is 7.18. The number of imide groups is 1. The lowest BCUT2D eigenvalue weighted by molar-refractivity contribution is -0.140. The summed E-state index contributed by atoms with van der Waals surface area (Å²) < 4.78 is 2.20. The van der Waals surface area contributed by atoms with E-state index in [1.165, 1.54) is 19.3 Å². The van der Waals surface area contributed by atoms with Crippen LogP contribution in [0, 0.1) is 11.8 Å². The van der Waals surface area contributed by atoms with Crippen LogP contribution in [0.3, 0.4) is 0 Å². The first-order chi connectivity index (χ1) is 34.0. The van der Waals surface area contributed by atoms with E-state index in [2.05, 4.69) is 68.0 Å². The van der Waals surface area contributed by atoms with Crippen molar-refractivity contribution in [2.75, 3.05) is 67.5 Å². The molecule has 0 radical (unpaired) electrons. The largest absolute Gasteiger partial charge is 0.371 e. The van der Waals surface area contributed by atoms with Gasteiger partial charge in [0.1, 0.15) is 5.52 Å². The fourth-order valence-corrected chi connectivity index (χ4v) is 13.2. The molecule has 2 saturated carbocycles. The number of rotatable bonds is 10. The molecule has 2 aliphatic carbocycles. The molecule has 15 heteroatoms. The summed E-state index contributed by atoms with van der Waals surface area (Å²) in [6.07, 6.45) is 14.2. The van der Waals surface area contributed by atoms with Crippen molar-refractivity contribution in [1.29, 1.82) is 0 Å². The summed E-state index contributed by atoms with van der Waals surface area (Å²) in [6.45, 7) is 10.2. The number of anilines is 3. The number of imidazole rings is 1. The number of carbonyl (C=O) groups is 5. The molecule has 6 aliphatic heterocycles. The molecule has 15 nitrogen and oxygen atoms in total. The third-order valence-corrected chi connectivity index (χ3v) is 17.6. The van der Waals surface area contributed by atoms with E-state index in [-0.39, 0.29) is 59.4 Å². The molecule has 8 aliphatic rings. The first kappa shape index (κ1) is 45.3. The van der Waals surface area contributed by atoms with Crippen LogP contribution in [0.1, 0.15) is 127 Å². The van der Waals surface area contributed by atoms with Crippen LogP contribution < -0.4 is 20.4 Å². The van der Waals surface area contributed by atoms with Gasteiger partial charge in [-0.2, -0.15) is 0 Å². The molecule has 2 atom stereocenters. The molecule has 1 spiro atoms. The first-order valence-electron chi connectivity index (χ1n) is 26.6. The monoisotopic (exact) mass is 949 g/mol. The van der Waals surface area contributed by atoms with Gasteiger partial charge in [-0.1, -0.05) is 30.7 Å². The van der Waals surface area contributed by atoms with Crippen molar-refractivity contribution in [2.24, 2.45) is 11.8 Å². The molecule has 368 valence electrons. The predicted molar refractivity (Wildman–Crippen MR) is 268 cm³/mol. The number of hydrogen-bond acceptors (Lipinski definition) is 10. The van der Waals surface area contributed by atoms with Gasteiger partial charge in [0.05, 0.1) is 34.8 Å². The molecule has 0 bridgehead atoms. The second kappa shape index (κ2) is 18.1. The Kier molecular flexibility index (Phi) is 11.7. The van der Waals surface area contributed by atoms with Crippen molar-refractivity contribution >= 4 is 57.8 Å². The standard InChI is InChI=1S/C55H68N10O5/c1-34(2)64-33-56-46-31-45(58-50(49(46)64)57-39-9-10-39)37-8-14-44-47(28-37)65(42-29-41(30-42)60-21-4-3-5-22-60)54(70)55(44)19-26-62(27-20-55)53(69)38-18-25-63(32-38)52(68)36-16-23-61(24-17-36)40-11-6-35(7-12-40)43-13-15-48(66)59-51(43)67/h6-8,11-12,14,28,31,33-34,36,38-39,41-43H,3-5,9-10,13,15-27,29-30,32H2,1-2H3,(H,57,58)(H,59,66,67)/t38-,41-,42+,43?/m0/s1. The molecule has 12 rings (SSSR count). The van der Waals surface area contributed by atoms with Crippen molar-refractivity contribution < 1.29 is 24.0 Å². The number of nitrogens with one attached hydrogen (secondary N) is 2. The minimum absolute atomic E-state index is 0.0749. The average Bonchev–Trinajstić information content (AvgIpc) is 3.75. The van der Waals surface area contributed by atoms with Crippen LogP contribution in [-0.2, 0) is 29.4 Å². The minimum Gasteiger partial charge on any atom is -0.371 e. The summed E-state index contributed by atoms with van der Waals surface area (Å²) >= 11 is 0. The number of likely N-dealkylation sites (tertiary alicyclic amines) is 3. The number of benzene rings is 2. The van der Waals surface area contributed by atoms with Crippen molar-refractivity contribution in [3.05, 3.63) is 66.0 Å². The molecule has 2 N–H and O–H groups in total. The van der Waals surface area contributed by atoms with E-state index in [1.54, 1.807) is 0 Å². The third-order valence-electron chi connectivity index (χ3n) is 17.6. The molecular weight excluding hydrogens is 881 g/mol. The van der Waals surface area contributed by atoms with Gasteiger partial charge < -0.3 is 34.4 Å². The Hall–Kier alpha value is -5.83. The van der Waals surface area contributed by atoms with E-state index < -0.39 is 5.41 Å². The predicted octanol–water partition coefficient (Wildman–Crippen LogP) is 6.76. The Bertz CT molecular complexity index is 2700. The lowest BCUT2D eigenvalue weighted by atomic mass is 9.73. The van der Waals surface area contributed by atoms with Crippen LogP contribution in [-0.4, -0.2) is 129 Å². The van der Waals surface area contributed by atoms with E-state index in [9.17, 15) is 19.2 Å². The Balaban J connectivity index is 0.712. The van der Waals surface area contributed by atoms with E-state index in [0.29, 0.717) is 70.4 Å². The SMILES string of the molecule is CC(C)n1cnc2cc(-c3ccc4c(c3)N([C@H]3C[C@@H](N5CCCCC5)C3)C(=O)C43CCN(C(=O)[C@H]4CCN(C(=O)C5CCN(c6ccc(C7CCC(=O)NC7=O)cc6)CC5)C4)CC3)nc(NC3CC3)c21. The molecule has 8 heterocycles. The fraction of sp³-hybridized carbons (Fsp3) is 0.582. The zero-order valence-corrected chi connectivity index (χ0v) is 40.9. The number of fused-ring (bicyclic) bond motifs is 3. The maximum Gasteiger partial charge on any atom is 0.238 e.